The number of carbonyl (C=O) groups excluding carboxylic acids is 1. The van der Waals surface area contributed by atoms with Crippen LogP contribution in [0.3, 0.4) is 0 Å². The zero-order valence-electron chi connectivity index (χ0n) is 16.1. The van der Waals surface area contributed by atoms with Gasteiger partial charge in [0.25, 0.3) is 5.56 Å². The molecule has 0 unspecified atom stereocenters. The van der Waals surface area contributed by atoms with E-state index in [4.69, 9.17) is 4.74 Å². The second-order valence-corrected chi connectivity index (χ2v) is 8.13. The Morgan fingerprint density at radius 2 is 2.18 bits per heavy atom. The van der Waals surface area contributed by atoms with Crippen molar-refractivity contribution in [1.29, 1.82) is 0 Å². The molecule has 0 amide bonds. The van der Waals surface area contributed by atoms with Crippen LogP contribution in [0, 0.1) is 12.7 Å². The molecule has 1 saturated carbocycles. The minimum atomic E-state index is -0.645. The lowest BCUT2D eigenvalue weighted by Crippen LogP contribution is -2.44. The Hall–Kier alpha value is -2.41. The number of anilines is 1. The smallest absolute Gasteiger partial charge is 0.343 e. The van der Waals surface area contributed by atoms with Gasteiger partial charge in [-0.3, -0.25) is 9.20 Å². The molecule has 2 aromatic heterocycles. The van der Waals surface area contributed by atoms with Crippen LogP contribution in [0.5, 0.6) is 0 Å². The Balaban J connectivity index is 1.74. The van der Waals surface area contributed by atoms with Gasteiger partial charge in [0.1, 0.15) is 5.56 Å². The van der Waals surface area contributed by atoms with Crippen LogP contribution < -0.4 is 15.8 Å². The monoisotopic (exact) mass is 385 g/mol. The SMILES string of the molecule is CCOC(=O)c1cc(C2CC2)c2c(C)c(N3C[C@@H]4C[C@H]3CN4)c(F)cn2c1=O. The normalized spacial score (nSPS) is 23.6. The molecule has 5 rings (SSSR count). The summed E-state index contributed by atoms with van der Waals surface area (Å²) in [5.41, 5.74) is 2.53. The first-order chi connectivity index (χ1) is 13.5. The van der Waals surface area contributed by atoms with Gasteiger partial charge in [0.05, 0.1) is 24.0 Å². The Morgan fingerprint density at radius 1 is 1.39 bits per heavy atom. The van der Waals surface area contributed by atoms with E-state index in [1.807, 2.05) is 6.92 Å². The first-order valence-corrected chi connectivity index (χ1v) is 10.0. The Kier molecular flexibility index (Phi) is 3.98. The molecule has 3 fully saturated rings. The van der Waals surface area contributed by atoms with Crippen LogP contribution in [0.4, 0.5) is 10.1 Å². The fourth-order valence-electron chi connectivity index (χ4n) is 4.89. The van der Waals surface area contributed by atoms with Gasteiger partial charge >= 0.3 is 5.97 Å². The molecule has 2 atom stereocenters. The predicted octanol–water partition coefficient (Wildman–Crippen LogP) is 2.35. The molecule has 2 bridgehead atoms. The van der Waals surface area contributed by atoms with Crippen LogP contribution in [0.1, 0.15) is 53.6 Å². The van der Waals surface area contributed by atoms with Crippen LogP contribution in [-0.2, 0) is 4.74 Å². The molecule has 1 N–H and O–H groups in total. The number of carbonyl (C=O) groups is 1. The van der Waals surface area contributed by atoms with Crippen LogP contribution in [-0.4, -0.2) is 42.2 Å². The van der Waals surface area contributed by atoms with E-state index in [-0.39, 0.29) is 18.2 Å². The standard InChI is InChI=1S/C21H24FN3O3/c1-3-28-21(27)16-7-15(12-4-5-12)18-11(2)19(17(22)10-25(18)20(16)26)24-9-13-6-14(24)8-23-13/h7,10,12-14,23H,3-6,8-9H2,1-2H3/t13-,14-/m0/s1. The van der Waals surface area contributed by atoms with Crippen molar-refractivity contribution in [2.45, 2.75) is 51.1 Å². The molecule has 0 aromatic carbocycles. The lowest BCUT2D eigenvalue weighted by Gasteiger charge is -2.32. The van der Waals surface area contributed by atoms with Crippen molar-refractivity contribution in [3.05, 3.63) is 45.1 Å². The molecule has 4 heterocycles. The maximum atomic E-state index is 15.2. The lowest BCUT2D eigenvalue weighted by atomic mass is 10.0. The van der Waals surface area contributed by atoms with E-state index in [2.05, 4.69) is 10.2 Å². The highest BCUT2D eigenvalue weighted by atomic mass is 19.1. The highest BCUT2D eigenvalue weighted by Gasteiger charge is 2.40. The van der Waals surface area contributed by atoms with Crippen molar-refractivity contribution >= 4 is 17.2 Å². The average molecular weight is 385 g/mol. The summed E-state index contributed by atoms with van der Waals surface area (Å²) in [5.74, 6) is -0.756. The van der Waals surface area contributed by atoms with E-state index in [1.54, 1.807) is 13.0 Å². The molecule has 148 valence electrons. The van der Waals surface area contributed by atoms with Crippen molar-refractivity contribution in [2.24, 2.45) is 0 Å². The van der Waals surface area contributed by atoms with Crippen molar-refractivity contribution in [1.82, 2.24) is 9.72 Å². The van der Waals surface area contributed by atoms with E-state index < -0.39 is 17.3 Å². The Bertz CT molecular complexity index is 1040. The molecule has 2 aliphatic heterocycles. The van der Waals surface area contributed by atoms with Gasteiger partial charge < -0.3 is 15.0 Å². The minimum absolute atomic E-state index is 0.0165. The molecule has 7 heteroatoms. The molecule has 2 aromatic rings. The number of hydrogen-bond acceptors (Lipinski definition) is 5. The third-order valence-electron chi connectivity index (χ3n) is 6.30. The van der Waals surface area contributed by atoms with Gasteiger partial charge in [-0.15, -0.1) is 0 Å². The number of nitrogens with zero attached hydrogens (tertiary/aromatic N) is 2. The summed E-state index contributed by atoms with van der Waals surface area (Å²) >= 11 is 0. The van der Waals surface area contributed by atoms with Crippen molar-refractivity contribution in [3.8, 4) is 0 Å². The molecule has 0 spiro atoms. The lowest BCUT2D eigenvalue weighted by molar-refractivity contribution is 0.0524. The maximum Gasteiger partial charge on any atom is 0.343 e. The van der Waals surface area contributed by atoms with Crippen molar-refractivity contribution in [3.63, 3.8) is 0 Å². The first kappa shape index (κ1) is 17.7. The van der Waals surface area contributed by atoms with E-state index in [0.717, 1.165) is 49.0 Å². The fraction of sp³-hybridized carbons (Fsp3) is 0.524. The topological polar surface area (TPSA) is 63.1 Å². The number of hydrogen-bond donors (Lipinski definition) is 1. The second kappa shape index (κ2) is 6.30. The number of fused-ring (bicyclic) bond motifs is 3. The van der Waals surface area contributed by atoms with Gasteiger partial charge in [-0.2, -0.15) is 0 Å². The van der Waals surface area contributed by atoms with Gasteiger partial charge in [0.2, 0.25) is 0 Å². The van der Waals surface area contributed by atoms with Gasteiger partial charge in [0.15, 0.2) is 5.82 Å². The summed E-state index contributed by atoms with van der Waals surface area (Å²) in [4.78, 5) is 27.4. The van der Waals surface area contributed by atoms with Crippen molar-refractivity contribution < 1.29 is 13.9 Å². The molecular weight excluding hydrogens is 361 g/mol. The van der Waals surface area contributed by atoms with Gasteiger partial charge in [0, 0.05) is 25.2 Å². The van der Waals surface area contributed by atoms with Crippen molar-refractivity contribution in [2.75, 3.05) is 24.6 Å². The summed E-state index contributed by atoms with van der Waals surface area (Å²) < 4.78 is 21.6. The average Bonchev–Trinajstić information content (AvgIpc) is 3.29. The number of nitrogens with one attached hydrogen (secondary N) is 1. The molecular formula is C21H24FN3O3. The summed E-state index contributed by atoms with van der Waals surface area (Å²) in [6.07, 6.45) is 4.31. The number of aryl methyl sites for hydroxylation is 1. The van der Waals surface area contributed by atoms with Gasteiger partial charge in [-0.1, -0.05) is 0 Å². The number of pyridine rings is 2. The van der Waals surface area contributed by atoms with E-state index >= 15 is 4.39 Å². The molecule has 6 nitrogen and oxygen atoms in total. The van der Waals surface area contributed by atoms with Crippen LogP contribution in [0.15, 0.2) is 17.1 Å². The Labute approximate surface area is 162 Å². The van der Waals surface area contributed by atoms with Crippen LogP contribution in [0.2, 0.25) is 0 Å². The molecule has 1 aliphatic carbocycles. The zero-order valence-corrected chi connectivity index (χ0v) is 16.1. The van der Waals surface area contributed by atoms with E-state index in [9.17, 15) is 9.59 Å². The van der Waals surface area contributed by atoms with Crippen LogP contribution in [0.25, 0.3) is 5.52 Å². The highest BCUT2D eigenvalue weighted by Crippen LogP contribution is 2.44. The quantitative estimate of drug-likeness (QED) is 0.819. The molecule has 2 saturated heterocycles. The number of rotatable bonds is 4. The third kappa shape index (κ3) is 2.56. The summed E-state index contributed by atoms with van der Waals surface area (Å²) in [7, 11) is 0. The number of esters is 1. The summed E-state index contributed by atoms with van der Waals surface area (Å²) in [6, 6.07) is 2.37. The maximum absolute atomic E-state index is 15.2. The molecule has 3 aliphatic rings. The highest BCUT2D eigenvalue weighted by molar-refractivity contribution is 5.90. The van der Waals surface area contributed by atoms with E-state index in [1.165, 1.54) is 10.6 Å². The number of ether oxygens (including phenoxy) is 1. The largest absolute Gasteiger partial charge is 0.462 e. The second-order valence-electron chi connectivity index (χ2n) is 8.13. The fourth-order valence-corrected chi connectivity index (χ4v) is 4.89. The molecule has 28 heavy (non-hydrogen) atoms. The van der Waals surface area contributed by atoms with Crippen LogP contribution >= 0.6 is 0 Å². The summed E-state index contributed by atoms with van der Waals surface area (Å²) in [6.45, 7) is 5.43. The third-order valence-corrected chi connectivity index (χ3v) is 6.30. The number of aromatic nitrogens is 1. The summed E-state index contributed by atoms with van der Waals surface area (Å²) in [5, 5.41) is 3.44. The molecule has 0 radical (unpaired) electrons. The van der Waals surface area contributed by atoms with Gasteiger partial charge in [-0.05, 0) is 56.2 Å². The zero-order chi connectivity index (χ0) is 19.6. The predicted molar refractivity (Wildman–Crippen MR) is 104 cm³/mol. The number of halogens is 1. The number of piperazine rings is 1. The van der Waals surface area contributed by atoms with E-state index in [0.29, 0.717) is 17.6 Å². The van der Waals surface area contributed by atoms with Gasteiger partial charge in [-0.25, -0.2) is 9.18 Å². The first-order valence-electron chi connectivity index (χ1n) is 10.0. The minimum Gasteiger partial charge on any atom is -0.462 e. The Morgan fingerprint density at radius 3 is 2.79 bits per heavy atom.